The van der Waals surface area contributed by atoms with E-state index in [-0.39, 0.29) is 11.9 Å². The number of rotatable bonds is 7. The van der Waals surface area contributed by atoms with Crippen LogP contribution in [0.1, 0.15) is 35.9 Å². The minimum absolute atomic E-state index is 0.0351. The molecule has 1 atom stereocenters. The first-order valence-electron chi connectivity index (χ1n) is 8.70. The van der Waals surface area contributed by atoms with Crippen molar-refractivity contribution in [3.05, 3.63) is 82.3 Å². The summed E-state index contributed by atoms with van der Waals surface area (Å²) in [5.41, 5.74) is 2.10. The molecule has 0 aliphatic heterocycles. The van der Waals surface area contributed by atoms with Crippen LogP contribution in [0.15, 0.2) is 66.3 Å². The van der Waals surface area contributed by atoms with Gasteiger partial charge in [0.25, 0.3) is 0 Å². The van der Waals surface area contributed by atoms with Gasteiger partial charge in [-0.25, -0.2) is 0 Å². The van der Waals surface area contributed by atoms with Crippen LogP contribution in [0.5, 0.6) is 0 Å². The van der Waals surface area contributed by atoms with E-state index in [9.17, 15) is 4.79 Å². The maximum Gasteiger partial charge on any atom is 0.244 e. The molecule has 4 nitrogen and oxygen atoms in total. The molecule has 3 rings (SSSR count). The Labute approximate surface area is 158 Å². The molecule has 0 bridgehead atoms. The van der Waals surface area contributed by atoms with Crippen molar-refractivity contribution in [3.8, 4) is 0 Å². The number of thiophene rings is 1. The molecule has 2 heterocycles. The van der Waals surface area contributed by atoms with Crippen molar-refractivity contribution in [1.29, 1.82) is 0 Å². The molecule has 1 aromatic carbocycles. The molecule has 1 amide bonds. The number of nitrogens with one attached hydrogen (secondary N) is 1. The fourth-order valence-corrected chi connectivity index (χ4v) is 3.68. The van der Waals surface area contributed by atoms with Crippen molar-refractivity contribution in [3.63, 3.8) is 0 Å². The predicted molar refractivity (Wildman–Crippen MR) is 107 cm³/mol. The fraction of sp³-hybridized carbons (Fsp3) is 0.238. The lowest BCUT2D eigenvalue weighted by Crippen LogP contribution is -2.29. The van der Waals surface area contributed by atoms with Gasteiger partial charge in [0, 0.05) is 22.7 Å². The fourth-order valence-electron chi connectivity index (χ4n) is 2.73. The normalized spacial score (nSPS) is 12.6. The molecule has 0 spiro atoms. The van der Waals surface area contributed by atoms with Crippen LogP contribution >= 0.6 is 11.3 Å². The number of carbonyl (C=O) groups is 1. The highest BCUT2D eigenvalue weighted by Crippen LogP contribution is 2.25. The van der Waals surface area contributed by atoms with Crippen LogP contribution in [0.3, 0.4) is 0 Å². The van der Waals surface area contributed by atoms with Crippen molar-refractivity contribution in [1.82, 2.24) is 15.1 Å². The SMILES string of the molecule is CC(C)[C@@H](NC(=O)/C=C/c1cnn(Cc2ccccc2)c1)c1cccs1. The molecule has 3 aromatic rings. The van der Waals surface area contributed by atoms with Crippen LogP contribution in [0.2, 0.25) is 0 Å². The summed E-state index contributed by atoms with van der Waals surface area (Å²) in [4.78, 5) is 13.5. The van der Waals surface area contributed by atoms with Crippen LogP contribution < -0.4 is 5.32 Å². The second-order valence-corrected chi connectivity index (χ2v) is 7.52. The number of nitrogens with zero attached hydrogens (tertiary/aromatic N) is 2. The predicted octanol–water partition coefficient (Wildman–Crippen LogP) is 4.52. The van der Waals surface area contributed by atoms with Crippen LogP contribution in [0.25, 0.3) is 6.08 Å². The van der Waals surface area contributed by atoms with Gasteiger partial charge >= 0.3 is 0 Å². The van der Waals surface area contributed by atoms with E-state index in [4.69, 9.17) is 0 Å². The van der Waals surface area contributed by atoms with Gasteiger partial charge in [-0.3, -0.25) is 9.48 Å². The number of aromatic nitrogens is 2. The van der Waals surface area contributed by atoms with Crippen molar-refractivity contribution < 1.29 is 4.79 Å². The molecule has 5 heteroatoms. The average molecular weight is 366 g/mol. The topological polar surface area (TPSA) is 46.9 Å². The van der Waals surface area contributed by atoms with Crippen molar-refractivity contribution >= 4 is 23.3 Å². The Balaban J connectivity index is 1.60. The van der Waals surface area contributed by atoms with Crippen molar-refractivity contribution in [2.45, 2.75) is 26.4 Å². The largest absolute Gasteiger partial charge is 0.345 e. The van der Waals surface area contributed by atoms with E-state index in [1.807, 2.05) is 40.5 Å². The summed E-state index contributed by atoms with van der Waals surface area (Å²) in [7, 11) is 0. The Hall–Kier alpha value is -2.66. The molecule has 134 valence electrons. The van der Waals surface area contributed by atoms with Gasteiger partial charge in [0.2, 0.25) is 5.91 Å². The van der Waals surface area contributed by atoms with E-state index in [1.54, 1.807) is 29.7 Å². The number of hydrogen-bond donors (Lipinski definition) is 1. The van der Waals surface area contributed by atoms with Gasteiger partial charge in [-0.15, -0.1) is 11.3 Å². The Bertz CT molecular complexity index is 851. The molecule has 26 heavy (non-hydrogen) atoms. The zero-order chi connectivity index (χ0) is 18.4. The van der Waals surface area contributed by atoms with E-state index >= 15 is 0 Å². The van der Waals surface area contributed by atoms with E-state index in [1.165, 1.54) is 10.4 Å². The Morgan fingerprint density at radius 3 is 2.73 bits per heavy atom. The van der Waals surface area contributed by atoms with Crippen LogP contribution in [-0.2, 0) is 11.3 Å². The monoisotopic (exact) mass is 365 g/mol. The molecular formula is C21H23N3OS. The zero-order valence-corrected chi connectivity index (χ0v) is 15.8. The van der Waals surface area contributed by atoms with Crippen LogP contribution in [0, 0.1) is 5.92 Å². The van der Waals surface area contributed by atoms with Gasteiger partial charge in [-0.05, 0) is 29.0 Å². The highest BCUT2D eigenvalue weighted by molar-refractivity contribution is 7.10. The Morgan fingerprint density at radius 1 is 1.23 bits per heavy atom. The first-order valence-corrected chi connectivity index (χ1v) is 9.58. The molecule has 0 aliphatic carbocycles. The second-order valence-electron chi connectivity index (χ2n) is 6.54. The van der Waals surface area contributed by atoms with Crippen molar-refractivity contribution in [2.24, 2.45) is 5.92 Å². The highest BCUT2D eigenvalue weighted by Gasteiger charge is 2.18. The van der Waals surface area contributed by atoms with Crippen LogP contribution in [-0.4, -0.2) is 15.7 Å². The summed E-state index contributed by atoms with van der Waals surface area (Å²) < 4.78 is 1.87. The van der Waals surface area contributed by atoms with E-state index in [2.05, 4.69) is 42.5 Å². The summed E-state index contributed by atoms with van der Waals surface area (Å²) in [5, 5.41) is 9.48. The first kappa shape index (κ1) is 18.1. The standard InChI is InChI=1S/C21H23N3OS/c1-16(2)21(19-9-6-12-26-19)23-20(25)11-10-18-13-22-24(15-18)14-17-7-4-3-5-8-17/h3-13,15-16,21H,14H2,1-2H3,(H,23,25)/b11-10+/t21-/m1/s1. The number of hydrogen-bond acceptors (Lipinski definition) is 3. The Morgan fingerprint density at radius 2 is 2.04 bits per heavy atom. The lowest BCUT2D eigenvalue weighted by atomic mass is 10.0. The quantitative estimate of drug-likeness (QED) is 0.626. The van der Waals surface area contributed by atoms with Gasteiger partial charge < -0.3 is 5.32 Å². The molecule has 0 unspecified atom stereocenters. The molecule has 1 N–H and O–H groups in total. The highest BCUT2D eigenvalue weighted by atomic mass is 32.1. The van der Waals surface area contributed by atoms with Crippen LogP contribution in [0.4, 0.5) is 0 Å². The first-order chi connectivity index (χ1) is 12.6. The zero-order valence-electron chi connectivity index (χ0n) is 15.0. The van der Waals surface area contributed by atoms with Crippen molar-refractivity contribution in [2.75, 3.05) is 0 Å². The lowest BCUT2D eigenvalue weighted by Gasteiger charge is -2.20. The third-order valence-electron chi connectivity index (χ3n) is 4.08. The summed E-state index contributed by atoms with van der Waals surface area (Å²) in [6.45, 7) is 4.94. The average Bonchev–Trinajstić information content (AvgIpc) is 3.30. The third kappa shape index (κ3) is 4.92. The number of benzene rings is 1. The van der Waals surface area contributed by atoms with E-state index in [0.29, 0.717) is 12.5 Å². The second kappa shape index (κ2) is 8.63. The van der Waals surface area contributed by atoms with E-state index < -0.39 is 0 Å². The van der Waals surface area contributed by atoms with E-state index in [0.717, 1.165) is 5.56 Å². The molecule has 0 radical (unpaired) electrons. The molecule has 0 saturated carbocycles. The maximum absolute atomic E-state index is 12.3. The molecular weight excluding hydrogens is 342 g/mol. The van der Waals surface area contributed by atoms with Gasteiger partial charge in [0.15, 0.2) is 0 Å². The molecule has 0 aliphatic rings. The smallest absolute Gasteiger partial charge is 0.244 e. The van der Waals surface area contributed by atoms with Gasteiger partial charge in [0.1, 0.15) is 0 Å². The summed E-state index contributed by atoms with van der Waals surface area (Å²) in [6.07, 6.45) is 7.09. The summed E-state index contributed by atoms with van der Waals surface area (Å²) in [5.74, 6) is 0.243. The van der Waals surface area contributed by atoms with Gasteiger partial charge in [-0.2, -0.15) is 5.10 Å². The maximum atomic E-state index is 12.3. The number of carbonyl (C=O) groups excluding carboxylic acids is 1. The molecule has 0 fully saturated rings. The molecule has 0 saturated heterocycles. The molecule has 2 aromatic heterocycles. The third-order valence-corrected chi connectivity index (χ3v) is 5.04. The van der Waals surface area contributed by atoms with Gasteiger partial charge in [0.05, 0.1) is 18.8 Å². The summed E-state index contributed by atoms with van der Waals surface area (Å²) in [6, 6.07) is 14.3. The lowest BCUT2D eigenvalue weighted by molar-refractivity contribution is -0.117. The summed E-state index contributed by atoms with van der Waals surface area (Å²) >= 11 is 1.67. The Kier molecular flexibility index (Phi) is 6.02. The minimum Gasteiger partial charge on any atom is -0.345 e. The minimum atomic E-state index is -0.0899. The van der Waals surface area contributed by atoms with Gasteiger partial charge in [-0.1, -0.05) is 50.2 Å². The number of amides is 1.